The molecule has 0 amide bonds. The molecule has 23 heavy (non-hydrogen) atoms. The highest BCUT2D eigenvalue weighted by Crippen LogP contribution is 2.44. The maximum absolute atomic E-state index is 13.7. The monoisotopic (exact) mass is 486 g/mol. The van der Waals surface area contributed by atoms with E-state index in [4.69, 9.17) is 0 Å². The summed E-state index contributed by atoms with van der Waals surface area (Å²) in [5.74, 6) is -16.2. The van der Waals surface area contributed by atoms with Gasteiger partial charge in [0.05, 0.1) is 18.7 Å². The molecule has 0 saturated carbocycles. The standard InChI is InChI=1S/C12Br2F8S/c13-1-3(15)5(17)7(19)9(21)11(1)23-12-2(14)4(16)6(18)8(20)10(12)22. The number of benzene rings is 2. The van der Waals surface area contributed by atoms with Gasteiger partial charge in [-0.2, -0.15) is 0 Å². The van der Waals surface area contributed by atoms with Crippen LogP contribution in [0.25, 0.3) is 0 Å². The van der Waals surface area contributed by atoms with Crippen LogP contribution in [0.2, 0.25) is 0 Å². The average Bonchev–Trinajstić information content (AvgIpc) is 2.54. The molecule has 0 aliphatic rings. The van der Waals surface area contributed by atoms with E-state index in [9.17, 15) is 35.1 Å². The van der Waals surface area contributed by atoms with Crippen molar-refractivity contribution < 1.29 is 35.1 Å². The van der Waals surface area contributed by atoms with Crippen molar-refractivity contribution in [2.75, 3.05) is 0 Å². The van der Waals surface area contributed by atoms with Crippen molar-refractivity contribution in [2.24, 2.45) is 0 Å². The third-order valence-electron chi connectivity index (χ3n) is 2.54. The minimum absolute atomic E-state index is 0.169. The largest absolute Gasteiger partial charge is 0.202 e. The van der Waals surface area contributed by atoms with Gasteiger partial charge in [0, 0.05) is 0 Å². The van der Waals surface area contributed by atoms with Crippen LogP contribution in [0.5, 0.6) is 0 Å². The van der Waals surface area contributed by atoms with E-state index in [1.165, 1.54) is 0 Å². The van der Waals surface area contributed by atoms with E-state index in [1.54, 1.807) is 0 Å². The number of halogens is 10. The number of hydrogen-bond acceptors (Lipinski definition) is 1. The summed E-state index contributed by atoms with van der Waals surface area (Å²) in [4.78, 5) is -2.04. The minimum Gasteiger partial charge on any atom is -0.202 e. The van der Waals surface area contributed by atoms with Crippen molar-refractivity contribution in [3.05, 3.63) is 55.5 Å². The highest BCUT2D eigenvalue weighted by atomic mass is 79.9. The molecule has 0 radical (unpaired) electrons. The maximum Gasteiger partial charge on any atom is 0.198 e. The summed E-state index contributed by atoms with van der Waals surface area (Å²) in [6.07, 6.45) is 0. The fourth-order valence-electron chi connectivity index (χ4n) is 1.45. The van der Waals surface area contributed by atoms with Gasteiger partial charge in [0.2, 0.25) is 0 Å². The van der Waals surface area contributed by atoms with Crippen LogP contribution < -0.4 is 0 Å². The van der Waals surface area contributed by atoms with E-state index in [2.05, 4.69) is 31.9 Å². The van der Waals surface area contributed by atoms with Gasteiger partial charge in [-0.25, -0.2) is 35.1 Å². The first-order valence-electron chi connectivity index (χ1n) is 5.30. The molecule has 0 aliphatic carbocycles. The molecule has 2 aromatic carbocycles. The molecule has 0 aliphatic heterocycles. The molecule has 0 nitrogen and oxygen atoms in total. The summed E-state index contributed by atoms with van der Waals surface area (Å²) >= 11 is 4.70. The molecule has 0 N–H and O–H groups in total. The van der Waals surface area contributed by atoms with Crippen molar-refractivity contribution >= 4 is 43.6 Å². The lowest BCUT2D eigenvalue weighted by atomic mass is 10.3. The zero-order valence-electron chi connectivity index (χ0n) is 10.2. The van der Waals surface area contributed by atoms with Crippen molar-refractivity contribution in [3.63, 3.8) is 0 Å². The lowest BCUT2D eigenvalue weighted by Gasteiger charge is -2.12. The Kier molecular flexibility index (Phi) is 5.31. The first-order valence-corrected chi connectivity index (χ1v) is 7.70. The Morgan fingerprint density at radius 3 is 1.00 bits per heavy atom. The summed E-state index contributed by atoms with van der Waals surface area (Å²) < 4.78 is 105. The summed E-state index contributed by atoms with van der Waals surface area (Å²) in [6, 6.07) is 0. The SMILES string of the molecule is Fc1c(F)c(F)c(Sc2c(F)c(F)c(F)c(F)c2Br)c(Br)c1F. The smallest absolute Gasteiger partial charge is 0.198 e. The second-order valence-corrected chi connectivity index (χ2v) is 6.51. The Morgan fingerprint density at radius 1 is 0.435 bits per heavy atom. The Balaban J connectivity index is 2.71. The van der Waals surface area contributed by atoms with Gasteiger partial charge in [-0.15, -0.1) is 0 Å². The van der Waals surface area contributed by atoms with Gasteiger partial charge >= 0.3 is 0 Å². The maximum atomic E-state index is 13.7. The summed E-state index contributed by atoms with van der Waals surface area (Å²) in [5.41, 5.74) is 0. The summed E-state index contributed by atoms with van der Waals surface area (Å²) in [6.45, 7) is 0. The second kappa shape index (κ2) is 6.60. The average molecular weight is 488 g/mol. The zero-order chi connectivity index (χ0) is 17.6. The normalized spacial score (nSPS) is 11.2. The molecule has 0 saturated heterocycles. The predicted octanol–water partition coefficient (Wildman–Crippen LogP) is 6.48. The molecular weight excluding hydrogens is 488 g/mol. The van der Waals surface area contributed by atoms with E-state index >= 15 is 0 Å². The van der Waals surface area contributed by atoms with Crippen LogP contribution in [-0.2, 0) is 0 Å². The summed E-state index contributed by atoms with van der Waals surface area (Å²) in [5, 5.41) is 0. The summed E-state index contributed by atoms with van der Waals surface area (Å²) in [7, 11) is 0. The minimum atomic E-state index is -2.20. The molecule has 0 atom stereocenters. The van der Waals surface area contributed by atoms with E-state index in [0.717, 1.165) is 0 Å². The fourth-order valence-corrected chi connectivity index (χ4v) is 3.55. The fraction of sp³-hybridized carbons (Fsp3) is 0. The van der Waals surface area contributed by atoms with Crippen LogP contribution in [0.3, 0.4) is 0 Å². The third-order valence-corrected chi connectivity index (χ3v) is 5.73. The Bertz CT molecular complexity index is 698. The van der Waals surface area contributed by atoms with Crippen molar-refractivity contribution in [1.82, 2.24) is 0 Å². The van der Waals surface area contributed by atoms with Gasteiger partial charge in [-0.3, -0.25) is 0 Å². The van der Waals surface area contributed by atoms with E-state index < -0.39 is 65.3 Å². The third kappa shape index (κ3) is 2.98. The topological polar surface area (TPSA) is 0 Å². The molecule has 2 rings (SSSR count). The van der Waals surface area contributed by atoms with Gasteiger partial charge < -0.3 is 0 Å². The van der Waals surface area contributed by atoms with Crippen LogP contribution in [-0.4, -0.2) is 0 Å². The lowest BCUT2D eigenvalue weighted by molar-refractivity contribution is 0.392. The predicted molar refractivity (Wildman–Crippen MR) is 72.1 cm³/mol. The molecule has 0 bridgehead atoms. The molecule has 11 heteroatoms. The van der Waals surface area contributed by atoms with Gasteiger partial charge in [0.1, 0.15) is 0 Å². The lowest BCUT2D eigenvalue weighted by Crippen LogP contribution is -2.03. The van der Waals surface area contributed by atoms with Crippen LogP contribution in [0.1, 0.15) is 0 Å². The van der Waals surface area contributed by atoms with E-state index in [0.29, 0.717) is 0 Å². The van der Waals surface area contributed by atoms with Crippen LogP contribution >= 0.6 is 43.6 Å². The molecular formula is C12Br2F8S. The molecule has 0 fully saturated rings. The molecule has 0 aromatic heterocycles. The van der Waals surface area contributed by atoms with Gasteiger partial charge in [-0.05, 0) is 31.9 Å². The van der Waals surface area contributed by atoms with Crippen LogP contribution in [0.15, 0.2) is 18.7 Å². The Labute approximate surface area is 144 Å². The van der Waals surface area contributed by atoms with Crippen molar-refractivity contribution in [1.29, 1.82) is 0 Å². The van der Waals surface area contributed by atoms with Crippen molar-refractivity contribution in [2.45, 2.75) is 9.79 Å². The van der Waals surface area contributed by atoms with E-state index in [-0.39, 0.29) is 11.8 Å². The Morgan fingerprint density at radius 2 is 0.696 bits per heavy atom. The zero-order valence-corrected chi connectivity index (χ0v) is 14.2. The van der Waals surface area contributed by atoms with Crippen molar-refractivity contribution in [3.8, 4) is 0 Å². The molecule has 124 valence electrons. The number of rotatable bonds is 2. The molecule has 0 heterocycles. The first kappa shape index (κ1) is 18.5. The Hall–Kier alpha value is -0.810. The van der Waals surface area contributed by atoms with Crippen LogP contribution in [0.4, 0.5) is 35.1 Å². The van der Waals surface area contributed by atoms with Gasteiger partial charge in [-0.1, -0.05) is 11.8 Å². The number of hydrogen-bond donors (Lipinski definition) is 0. The van der Waals surface area contributed by atoms with Gasteiger partial charge in [0.15, 0.2) is 46.5 Å². The molecule has 2 aromatic rings. The second-order valence-electron chi connectivity index (χ2n) is 3.90. The van der Waals surface area contributed by atoms with E-state index in [1.807, 2.05) is 0 Å². The highest BCUT2D eigenvalue weighted by Gasteiger charge is 2.29. The highest BCUT2D eigenvalue weighted by molar-refractivity contribution is 9.11. The molecule has 0 spiro atoms. The quantitative estimate of drug-likeness (QED) is 0.265. The van der Waals surface area contributed by atoms with Gasteiger partial charge in [0.25, 0.3) is 0 Å². The first-order chi connectivity index (χ1) is 10.6. The molecule has 0 unspecified atom stereocenters. The van der Waals surface area contributed by atoms with Crippen LogP contribution in [0, 0.1) is 46.5 Å².